The number of ether oxygens (including phenoxy) is 10. The van der Waals surface area contributed by atoms with Crippen LogP contribution in [0.15, 0.2) is 0 Å². The van der Waals surface area contributed by atoms with E-state index in [0.29, 0.717) is 0 Å². The number of aliphatic hydroxyl groups excluding tert-OH is 5. The highest BCUT2D eigenvalue weighted by Crippen LogP contribution is 2.37. The summed E-state index contributed by atoms with van der Waals surface area (Å²) in [6.45, 7) is 7.51. The summed E-state index contributed by atoms with van der Waals surface area (Å²) in [4.78, 5) is 23.9. The van der Waals surface area contributed by atoms with Crippen LogP contribution in [0.2, 0.25) is 0 Å². The lowest BCUT2D eigenvalue weighted by atomic mass is 9.91. The van der Waals surface area contributed by atoms with Gasteiger partial charge in [0.1, 0.15) is 36.6 Å². The van der Waals surface area contributed by atoms with Crippen LogP contribution in [0.3, 0.4) is 0 Å². The van der Waals surface area contributed by atoms with Crippen molar-refractivity contribution in [1.29, 1.82) is 0 Å². The van der Waals surface area contributed by atoms with Gasteiger partial charge in [-0.05, 0) is 34.1 Å². The van der Waals surface area contributed by atoms with E-state index in [2.05, 4.69) is 0 Å². The number of carboxylic acid groups (broad SMARTS) is 1. The number of carboxylic acids is 1. The molecule has 0 radical (unpaired) electrons. The number of rotatable bonds is 13. The molecule has 0 aromatic heterocycles. The van der Waals surface area contributed by atoms with E-state index in [1.54, 1.807) is 6.92 Å². The van der Waals surface area contributed by atoms with Gasteiger partial charge in [0.25, 0.3) is 6.47 Å². The van der Waals surface area contributed by atoms with Crippen molar-refractivity contribution in [2.45, 2.75) is 182 Å². The molecule has 0 saturated carbocycles. The largest absolute Gasteiger partial charge is 0.479 e. The van der Waals surface area contributed by atoms with E-state index >= 15 is 0 Å². The third-order valence-electron chi connectivity index (χ3n) is 11.0. The highest BCUT2D eigenvalue weighted by molar-refractivity contribution is 7.80. The number of hydrogen-bond donors (Lipinski definition) is 10. The molecule has 0 spiro atoms. The average Bonchev–Trinajstić information content (AvgIpc) is 3.14. The number of carbonyl (C=O) groups excluding carboxylic acids is 1. The highest BCUT2D eigenvalue weighted by Gasteiger charge is 2.56. The van der Waals surface area contributed by atoms with Crippen molar-refractivity contribution in [2.24, 2.45) is 23.1 Å². The van der Waals surface area contributed by atoms with E-state index in [-0.39, 0.29) is 12.9 Å². The molecule has 24 atom stereocenters. The van der Waals surface area contributed by atoms with E-state index in [9.17, 15) is 53.2 Å². The maximum Gasteiger partial charge on any atom is 0.397 e. The summed E-state index contributed by atoms with van der Waals surface area (Å²) in [6.07, 6.45) is -29.0. The van der Waals surface area contributed by atoms with Gasteiger partial charge in [0, 0.05) is 5.92 Å². The Morgan fingerprint density at radius 1 is 0.621 bits per heavy atom. The van der Waals surface area contributed by atoms with Gasteiger partial charge in [0.05, 0.1) is 54.7 Å². The Labute approximate surface area is 332 Å². The first-order valence-corrected chi connectivity index (χ1v) is 19.9. The lowest BCUT2D eigenvalue weighted by Gasteiger charge is -2.48. The van der Waals surface area contributed by atoms with Crippen molar-refractivity contribution in [1.82, 2.24) is 0 Å². The standard InChI is InChI=1S/C32H55N3O22S/c1-8-17(37)23(53-30-16(35)19(39)18(38)11(4)50-30)26(27(42)43)55-28(8)51-14-6-13(33)29(49-9(14)2)54-24-21(41)25(57-58(44,45)46)32(56-31(24)47-7-36)52-22-12(5)48-10(3)15(34)20(22)40/h7-26,28-32,37-41H,6,33-35H2,1-5H3,(H,42,43)(H,44,45,46)/t8?,9?,10-,11?,12?,13?,14+,15?,16?,17-,18-,19-,20-,21+,22-,23+,24+,25?,26?,28-,29-,30-,31?,32-/m1/s1. The summed E-state index contributed by atoms with van der Waals surface area (Å²) >= 11 is 0. The van der Waals surface area contributed by atoms with Crippen LogP contribution in [-0.2, 0) is 71.5 Å². The molecule has 5 aliphatic heterocycles. The van der Waals surface area contributed by atoms with Crippen LogP contribution in [0.1, 0.15) is 41.0 Å². The molecule has 5 fully saturated rings. The van der Waals surface area contributed by atoms with Crippen molar-refractivity contribution < 1.29 is 105 Å². The van der Waals surface area contributed by atoms with Gasteiger partial charge < -0.3 is 95.2 Å². The number of hydrogen-bond acceptors (Lipinski definition) is 23. The minimum atomic E-state index is -5.32. The Hall–Kier alpha value is -1.87. The zero-order chi connectivity index (χ0) is 43.1. The quantitative estimate of drug-likeness (QED) is 0.0610. The van der Waals surface area contributed by atoms with Gasteiger partial charge in [-0.1, -0.05) is 6.92 Å². The molecule has 0 aliphatic carbocycles. The monoisotopic (exact) mass is 865 g/mol. The third kappa shape index (κ3) is 10.2. The van der Waals surface area contributed by atoms with Gasteiger partial charge in [-0.15, -0.1) is 0 Å². The van der Waals surface area contributed by atoms with Crippen molar-refractivity contribution in [3.05, 3.63) is 0 Å². The molecular weight excluding hydrogens is 810 g/mol. The molecule has 336 valence electrons. The maximum atomic E-state index is 12.3. The summed E-state index contributed by atoms with van der Waals surface area (Å²) in [5.41, 5.74) is 18.4. The van der Waals surface area contributed by atoms with Crippen LogP contribution < -0.4 is 17.2 Å². The zero-order valence-electron chi connectivity index (χ0n) is 32.0. The zero-order valence-corrected chi connectivity index (χ0v) is 32.9. The summed E-state index contributed by atoms with van der Waals surface area (Å²) < 4.78 is 95.1. The molecule has 0 aromatic rings. The maximum absolute atomic E-state index is 12.3. The topological polar surface area (TPSA) is 389 Å². The fourth-order valence-corrected chi connectivity index (χ4v) is 7.99. The summed E-state index contributed by atoms with van der Waals surface area (Å²) in [7, 11) is -5.32. The fraction of sp³-hybridized carbons (Fsp3) is 0.938. The fourth-order valence-electron chi connectivity index (χ4n) is 7.50. The minimum absolute atomic E-state index is 0.0632. The molecule has 5 aliphatic rings. The second-order valence-electron chi connectivity index (χ2n) is 15.2. The van der Waals surface area contributed by atoms with E-state index in [0.717, 1.165) is 0 Å². The van der Waals surface area contributed by atoms with Crippen molar-refractivity contribution in [2.75, 3.05) is 0 Å². The number of aliphatic carboxylic acids is 1. The lowest BCUT2D eigenvalue weighted by Crippen LogP contribution is -2.66. The second-order valence-corrected chi connectivity index (χ2v) is 16.2. The Kier molecular flexibility index (Phi) is 15.5. The smallest absolute Gasteiger partial charge is 0.397 e. The Morgan fingerprint density at radius 2 is 1.24 bits per heavy atom. The lowest BCUT2D eigenvalue weighted by molar-refractivity contribution is -0.382. The predicted octanol–water partition coefficient (Wildman–Crippen LogP) is -5.51. The van der Waals surface area contributed by atoms with Gasteiger partial charge in [-0.25, -0.2) is 8.98 Å². The SMILES string of the molecule is CC1O[C@H](O[C@@H]2C(OC=O)O[C@@H](O[C@@H]3C(C)O[C@H](C)C(N)[C@H]3O)C(OS(=O)(=O)O)[C@H]2O)C(N)C[C@@H]1O[C@@H]1OC(C(=O)O)[C@@H](O[C@H]2OC(C)[C@@H](O)[C@H](O)C2N)[C@H](O)C1C. The van der Waals surface area contributed by atoms with Crippen LogP contribution in [0.5, 0.6) is 0 Å². The van der Waals surface area contributed by atoms with Crippen molar-refractivity contribution in [3.8, 4) is 0 Å². The van der Waals surface area contributed by atoms with Crippen LogP contribution in [-0.4, -0.2) is 197 Å². The molecule has 0 amide bonds. The Morgan fingerprint density at radius 3 is 1.86 bits per heavy atom. The molecule has 10 unspecified atom stereocenters. The van der Waals surface area contributed by atoms with Crippen LogP contribution in [0.25, 0.3) is 0 Å². The number of nitrogens with two attached hydrogens (primary N) is 3. The van der Waals surface area contributed by atoms with Gasteiger partial charge in [-0.2, -0.15) is 8.42 Å². The van der Waals surface area contributed by atoms with Crippen molar-refractivity contribution >= 4 is 22.8 Å². The highest BCUT2D eigenvalue weighted by atomic mass is 32.3. The molecule has 58 heavy (non-hydrogen) atoms. The Balaban J connectivity index is 1.26. The Bertz CT molecular complexity index is 1500. The first-order chi connectivity index (χ1) is 27.0. The first-order valence-electron chi connectivity index (χ1n) is 18.6. The van der Waals surface area contributed by atoms with Gasteiger partial charge in [0.15, 0.2) is 43.5 Å². The third-order valence-corrected chi connectivity index (χ3v) is 11.5. The molecule has 0 aromatic carbocycles. The van der Waals surface area contributed by atoms with E-state index in [1.165, 1.54) is 27.7 Å². The van der Waals surface area contributed by atoms with Gasteiger partial charge in [0.2, 0.25) is 6.29 Å². The minimum Gasteiger partial charge on any atom is -0.479 e. The van der Waals surface area contributed by atoms with Gasteiger partial charge in [-0.3, -0.25) is 9.35 Å². The van der Waals surface area contributed by atoms with E-state index in [4.69, 9.17) is 68.8 Å². The predicted molar refractivity (Wildman–Crippen MR) is 184 cm³/mol. The molecular formula is C32H55N3O22S. The van der Waals surface area contributed by atoms with Crippen LogP contribution in [0, 0.1) is 5.92 Å². The summed E-state index contributed by atoms with van der Waals surface area (Å²) in [5, 5.41) is 63.8. The van der Waals surface area contributed by atoms with Crippen LogP contribution >= 0.6 is 0 Å². The number of carbonyl (C=O) groups is 2. The van der Waals surface area contributed by atoms with Crippen LogP contribution in [0.4, 0.5) is 0 Å². The normalized spacial score (nSPS) is 50.5. The first kappa shape index (κ1) is 47.2. The van der Waals surface area contributed by atoms with Crippen molar-refractivity contribution in [3.63, 3.8) is 0 Å². The average molecular weight is 866 g/mol. The molecule has 5 rings (SSSR count). The molecule has 5 heterocycles. The summed E-state index contributed by atoms with van der Waals surface area (Å²) in [5.74, 6) is -2.50. The van der Waals surface area contributed by atoms with E-state index in [1.807, 2.05) is 0 Å². The molecule has 25 nitrogen and oxygen atoms in total. The summed E-state index contributed by atoms with van der Waals surface area (Å²) in [6, 6.07) is -3.39. The molecule has 5 saturated heterocycles. The molecule has 13 N–H and O–H groups in total. The number of aliphatic hydroxyl groups is 5. The van der Waals surface area contributed by atoms with E-state index < -0.39 is 163 Å². The second kappa shape index (κ2) is 19.0. The van der Waals surface area contributed by atoms with Gasteiger partial charge >= 0.3 is 16.4 Å². The molecule has 26 heteroatoms. The molecule has 0 bridgehead atoms.